The van der Waals surface area contributed by atoms with Crippen LogP contribution in [0.15, 0.2) is 103 Å². The Labute approximate surface area is 471 Å². The highest BCUT2D eigenvalue weighted by molar-refractivity contribution is 6.10. The van der Waals surface area contributed by atoms with Gasteiger partial charge in [0.2, 0.25) is 0 Å². The molecule has 81 heavy (non-hydrogen) atoms. The Morgan fingerprint density at radius 1 is 0.667 bits per heavy atom. The van der Waals surface area contributed by atoms with E-state index in [1.165, 1.54) is 57.8 Å². The van der Waals surface area contributed by atoms with E-state index in [0.29, 0.717) is 105 Å². The van der Waals surface area contributed by atoms with Gasteiger partial charge in [-0.1, -0.05) is 102 Å². The van der Waals surface area contributed by atoms with Crippen LogP contribution in [0.5, 0.6) is 28.7 Å². The molecule has 0 bridgehead atoms. The number of carbonyl (C=O) groups is 1. The molecular formula is C67H72F6N2O6. The molecule has 3 aliphatic carbocycles. The molecule has 5 aliphatic rings. The van der Waals surface area contributed by atoms with Crippen LogP contribution < -0.4 is 33.5 Å². The minimum atomic E-state index is -5.12. The normalized spacial score (nSPS) is 21.2. The second kappa shape index (κ2) is 22.2. The molecular weight excluding hydrogens is 1040 g/mol. The minimum Gasteiger partial charge on any atom is -0.497 e. The van der Waals surface area contributed by atoms with Crippen LogP contribution in [-0.2, 0) is 28.2 Å². The summed E-state index contributed by atoms with van der Waals surface area (Å²) in [5, 5.41) is 0.872. The van der Waals surface area contributed by atoms with E-state index in [-0.39, 0.29) is 34.6 Å². The van der Waals surface area contributed by atoms with Crippen molar-refractivity contribution in [2.45, 2.75) is 121 Å². The lowest BCUT2D eigenvalue weighted by molar-refractivity contribution is -0.144. The van der Waals surface area contributed by atoms with Gasteiger partial charge in [-0.15, -0.1) is 0 Å². The van der Waals surface area contributed by atoms with Crippen molar-refractivity contribution in [1.29, 1.82) is 0 Å². The predicted octanol–water partition coefficient (Wildman–Crippen LogP) is 17.0. The Kier molecular flexibility index (Phi) is 15.3. The number of piperazine rings is 1. The van der Waals surface area contributed by atoms with E-state index in [1.807, 2.05) is 91.0 Å². The Bertz CT molecular complexity index is 3250. The topological polar surface area (TPSA) is 69.7 Å². The third-order valence-corrected chi connectivity index (χ3v) is 18.5. The molecule has 14 heteroatoms. The molecule has 6 aromatic carbocycles. The summed E-state index contributed by atoms with van der Waals surface area (Å²) < 4.78 is 121. The standard InChI is InChI=1S/C67H72F6N2O6/c1-7-8-9-11-41-14-16-42(17-15-41)43-12-10-13-44(36-43)63(76)80-51-28-22-48(23-29-51)74-32-34-75(35-33-74)57-39-53-54(40-58(57)79-6)62-52(61-59(53)55-37-47(66(68,69)70)38-56(67(71,72)73)60(55)64(61,2)3)30-31-65(81-62,45-18-24-49(77-4)25-19-45)46-20-26-50(78-5)27-21-46/h18-31,37-44H,7-17,32-36H2,1-6H3. The fourth-order valence-electron chi connectivity index (χ4n) is 14.3. The lowest BCUT2D eigenvalue weighted by atomic mass is 9.68. The van der Waals surface area contributed by atoms with E-state index in [1.54, 1.807) is 41.2 Å². The fourth-order valence-corrected chi connectivity index (χ4v) is 14.3. The van der Waals surface area contributed by atoms with E-state index < -0.39 is 34.5 Å². The number of methoxy groups -OCH3 is 3. The monoisotopic (exact) mass is 1110 g/mol. The van der Waals surface area contributed by atoms with Crippen LogP contribution in [0.3, 0.4) is 0 Å². The average Bonchev–Trinajstić information content (AvgIpc) is 2.06. The Hall–Kier alpha value is -6.83. The van der Waals surface area contributed by atoms with Crippen molar-refractivity contribution in [3.63, 3.8) is 0 Å². The van der Waals surface area contributed by atoms with Gasteiger partial charge in [0.25, 0.3) is 0 Å². The number of halogens is 6. The quantitative estimate of drug-likeness (QED) is 0.0462. The second-order valence-corrected chi connectivity index (χ2v) is 23.5. The maximum atomic E-state index is 15.3. The number of anilines is 2. The number of fused-ring (bicyclic) bond motifs is 8. The van der Waals surface area contributed by atoms with Gasteiger partial charge in [-0.2, -0.15) is 26.3 Å². The molecule has 2 aliphatic heterocycles. The zero-order valence-corrected chi connectivity index (χ0v) is 47.1. The van der Waals surface area contributed by atoms with E-state index in [9.17, 15) is 18.0 Å². The number of nitrogens with zero attached hydrogens (tertiary/aromatic N) is 2. The summed E-state index contributed by atoms with van der Waals surface area (Å²) in [5.41, 5.74) is -1.71. The SMILES string of the molecule is CCCCCC1CCC(C2CCCC(C(=O)Oc3ccc(N4CCN(c5cc6c7c(c8c(c6cc5OC)OC(c5ccc(OC)cc5)(c5ccc(OC)cc5)C=C8)C(C)(C)c5c-7cc(C(F)(F)F)cc5C(F)(F)F)CC4)cc3)C2)CC1. The lowest BCUT2D eigenvalue weighted by Gasteiger charge is -2.39. The third kappa shape index (κ3) is 10.6. The van der Waals surface area contributed by atoms with Gasteiger partial charge < -0.3 is 33.5 Å². The Morgan fingerprint density at radius 3 is 1.89 bits per heavy atom. The van der Waals surface area contributed by atoms with Crippen LogP contribution in [0.4, 0.5) is 37.7 Å². The first-order valence-corrected chi connectivity index (χ1v) is 28.9. The number of rotatable bonds is 14. The highest BCUT2D eigenvalue weighted by atomic mass is 19.4. The molecule has 1 saturated heterocycles. The number of esters is 1. The van der Waals surface area contributed by atoms with E-state index in [2.05, 4.69) is 16.7 Å². The molecule has 0 spiro atoms. The molecule has 3 fully saturated rings. The largest absolute Gasteiger partial charge is 0.497 e. The summed E-state index contributed by atoms with van der Waals surface area (Å²) in [5.74, 6) is 4.45. The van der Waals surface area contributed by atoms with Crippen molar-refractivity contribution >= 4 is 34.2 Å². The Balaban J connectivity index is 0.908. The van der Waals surface area contributed by atoms with Crippen LogP contribution in [0, 0.1) is 23.7 Å². The summed E-state index contributed by atoms with van der Waals surface area (Å²) in [6.07, 6.45) is 8.00. The summed E-state index contributed by atoms with van der Waals surface area (Å²) in [4.78, 5) is 18.0. The van der Waals surface area contributed by atoms with Crippen LogP contribution >= 0.6 is 0 Å². The van der Waals surface area contributed by atoms with Gasteiger partial charge in [0.05, 0.1) is 44.1 Å². The highest BCUT2D eigenvalue weighted by Gasteiger charge is 2.51. The molecule has 2 atom stereocenters. The molecule has 0 N–H and O–H groups in total. The van der Waals surface area contributed by atoms with Crippen molar-refractivity contribution in [3.05, 3.63) is 142 Å². The van der Waals surface area contributed by atoms with Gasteiger partial charge in [0.15, 0.2) is 5.60 Å². The first-order valence-electron chi connectivity index (χ1n) is 28.9. The van der Waals surface area contributed by atoms with Gasteiger partial charge in [-0.3, -0.25) is 4.79 Å². The number of hydrogen-bond donors (Lipinski definition) is 0. The number of hydrogen-bond acceptors (Lipinski definition) is 8. The van der Waals surface area contributed by atoms with Crippen LogP contribution in [-0.4, -0.2) is 53.5 Å². The molecule has 11 rings (SSSR count). The van der Waals surface area contributed by atoms with Gasteiger partial charge in [-0.05, 0) is 150 Å². The lowest BCUT2D eigenvalue weighted by Crippen LogP contribution is -2.46. The zero-order valence-electron chi connectivity index (χ0n) is 47.1. The van der Waals surface area contributed by atoms with E-state index >= 15 is 13.2 Å². The summed E-state index contributed by atoms with van der Waals surface area (Å²) in [6, 6.07) is 27.2. The number of alkyl halides is 6. The first-order chi connectivity index (χ1) is 38.8. The number of carbonyl (C=O) groups excluding carboxylic acids is 1. The van der Waals surface area contributed by atoms with Crippen molar-refractivity contribution in [2.24, 2.45) is 23.7 Å². The van der Waals surface area contributed by atoms with Crippen molar-refractivity contribution in [1.82, 2.24) is 0 Å². The maximum Gasteiger partial charge on any atom is 0.416 e. The molecule has 428 valence electrons. The summed E-state index contributed by atoms with van der Waals surface area (Å²) >= 11 is 0. The second-order valence-electron chi connectivity index (χ2n) is 23.5. The predicted molar refractivity (Wildman–Crippen MR) is 306 cm³/mol. The van der Waals surface area contributed by atoms with Crippen LogP contribution in [0.1, 0.15) is 137 Å². The highest BCUT2D eigenvalue weighted by Crippen LogP contribution is 2.62. The fraction of sp³-hybridized carbons (Fsp3) is 0.448. The molecule has 8 nitrogen and oxygen atoms in total. The molecule has 2 saturated carbocycles. The molecule has 2 unspecified atom stereocenters. The summed E-state index contributed by atoms with van der Waals surface area (Å²) in [7, 11) is 4.69. The van der Waals surface area contributed by atoms with Crippen molar-refractivity contribution in [2.75, 3.05) is 57.3 Å². The van der Waals surface area contributed by atoms with Gasteiger partial charge in [-0.25, -0.2) is 0 Å². The first kappa shape index (κ1) is 56.1. The van der Waals surface area contributed by atoms with Crippen molar-refractivity contribution < 1.29 is 54.8 Å². The number of unbranched alkanes of at least 4 members (excludes halogenated alkanes) is 2. The molecule has 0 aromatic heterocycles. The van der Waals surface area contributed by atoms with Gasteiger partial charge >= 0.3 is 18.3 Å². The summed E-state index contributed by atoms with van der Waals surface area (Å²) in [6.45, 7) is 7.71. The van der Waals surface area contributed by atoms with Crippen LogP contribution in [0.25, 0.3) is 28.0 Å². The molecule has 0 radical (unpaired) electrons. The van der Waals surface area contributed by atoms with E-state index in [0.717, 1.165) is 36.9 Å². The van der Waals surface area contributed by atoms with Gasteiger partial charge in [0, 0.05) is 59.4 Å². The number of ether oxygens (including phenoxy) is 5. The molecule has 2 heterocycles. The van der Waals surface area contributed by atoms with Gasteiger partial charge in [0.1, 0.15) is 28.7 Å². The van der Waals surface area contributed by atoms with Crippen LogP contribution in [0.2, 0.25) is 0 Å². The zero-order chi connectivity index (χ0) is 57.0. The minimum absolute atomic E-state index is 0.0926. The molecule has 0 amide bonds. The Morgan fingerprint density at radius 2 is 1.30 bits per heavy atom. The average molecular weight is 1120 g/mol. The molecule has 6 aromatic rings. The number of benzene rings is 6. The third-order valence-electron chi connectivity index (χ3n) is 18.5. The van der Waals surface area contributed by atoms with Crippen molar-refractivity contribution in [3.8, 4) is 39.9 Å². The maximum absolute atomic E-state index is 15.3. The smallest absolute Gasteiger partial charge is 0.416 e. The van der Waals surface area contributed by atoms with E-state index in [4.69, 9.17) is 23.7 Å².